The summed E-state index contributed by atoms with van der Waals surface area (Å²) in [7, 11) is 0. The number of carbonyl (C=O) groups excluding carboxylic acids is 1. The lowest BCUT2D eigenvalue weighted by molar-refractivity contribution is -0.384. The van der Waals surface area contributed by atoms with Crippen LogP contribution in [0.4, 0.5) is 28.9 Å². The average Bonchev–Trinajstić information content (AvgIpc) is 2.51. The van der Waals surface area contributed by atoms with Gasteiger partial charge in [-0.2, -0.15) is 13.2 Å². The number of hydrogen-bond acceptors (Lipinski definition) is 4. The summed E-state index contributed by atoms with van der Waals surface area (Å²) >= 11 is 0. The molecule has 0 aliphatic carbocycles. The Kier molecular flexibility index (Phi) is 5.20. The third-order valence-electron chi connectivity index (χ3n) is 3.11. The molecule has 10 heteroatoms. The summed E-state index contributed by atoms with van der Waals surface area (Å²) in [4.78, 5) is 21.7. The lowest BCUT2D eigenvalue weighted by Crippen LogP contribution is -2.31. The highest BCUT2D eigenvalue weighted by Gasteiger charge is 2.33. The first kappa shape index (κ1) is 18.2. The van der Waals surface area contributed by atoms with E-state index in [1.165, 1.54) is 18.2 Å². The molecule has 0 radical (unpaired) electrons. The summed E-state index contributed by atoms with van der Waals surface area (Å²) in [5, 5.41) is 10.9. The molecule has 6 nitrogen and oxygen atoms in total. The third kappa shape index (κ3) is 4.90. The van der Waals surface area contributed by atoms with Gasteiger partial charge in [0.15, 0.2) is 0 Å². The summed E-state index contributed by atoms with van der Waals surface area (Å²) in [5.74, 6) is -1.18. The maximum absolute atomic E-state index is 13.0. The van der Waals surface area contributed by atoms with Gasteiger partial charge < -0.3 is 0 Å². The Bertz CT molecular complexity index is 809. The molecule has 0 bridgehead atoms. The van der Waals surface area contributed by atoms with Crippen molar-refractivity contribution in [3.05, 3.63) is 69.5 Å². The first-order chi connectivity index (χ1) is 11.7. The molecular weight excluding hydrogens is 346 g/mol. The van der Waals surface area contributed by atoms with Gasteiger partial charge in [-0.25, -0.2) is 4.39 Å². The van der Waals surface area contributed by atoms with Crippen LogP contribution in [0.2, 0.25) is 0 Å². The molecule has 2 aromatic rings. The Balaban J connectivity index is 2.09. The van der Waals surface area contributed by atoms with E-state index in [1.54, 1.807) is 0 Å². The van der Waals surface area contributed by atoms with Gasteiger partial charge in [-0.15, -0.1) is 0 Å². The summed E-state index contributed by atoms with van der Waals surface area (Å²) in [5.41, 5.74) is 2.35. The molecule has 0 aromatic heterocycles. The zero-order valence-corrected chi connectivity index (χ0v) is 12.4. The molecule has 0 fully saturated rings. The molecule has 0 spiro atoms. The number of nitro groups is 1. The van der Waals surface area contributed by atoms with Gasteiger partial charge in [0.2, 0.25) is 5.91 Å². The van der Waals surface area contributed by atoms with Gasteiger partial charge in [-0.3, -0.25) is 25.8 Å². The molecular formula is C15H11F4N3O3. The fourth-order valence-electron chi connectivity index (χ4n) is 1.98. The van der Waals surface area contributed by atoms with Crippen molar-refractivity contribution in [2.24, 2.45) is 0 Å². The number of nitrogens with one attached hydrogen (secondary N) is 2. The van der Waals surface area contributed by atoms with Gasteiger partial charge in [0.05, 0.1) is 16.9 Å². The second-order valence-corrected chi connectivity index (χ2v) is 4.97. The van der Waals surface area contributed by atoms with Crippen LogP contribution in [0, 0.1) is 15.9 Å². The van der Waals surface area contributed by atoms with Crippen molar-refractivity contribution in [1.82, 2.24) is 5.43 Å². The number of carbonyl (C=O) groups is 1. The Morgan fingerprint density at radius 1 is 1.16 bits per heavy atom. The quantitative estimate of drug-likeness (QED) is 0.488. The molecule has 0 atom stereocenters. The zero-order valence-electron chi connectivity index (χ0n) is 12.4. The zero-order chi connectivity index (χ0) is 18.6. The van der Waals surface area contributed by atoms with E-state index in [0.717, 1.165) is 12.1 Å². The lowest BCUT2D eigenvalue weighted by Gasteiger charge is -2.11. The van der Waals surface area contributed by atoms with E-state index in [2.05, 4.69) is 10.9 Å². The van der Waals surface area contributed by atoms with Gasteiger partial charge in [0.25, 0.3) is 5.69 Å². The van der Waals surface area contributed by atoms with E-state index in [4.69, 9.17) is 0 Å². The van der Waals surface area contributed by atoms with Crippen molar-refractivity contribution >= 4 is 17.3 Å². The third-order valence-corrected chi connectivity index (χ3v) is 3.11. The van der Waals surface area contributed by atoms with Crippen molar-refractivity contribution in [3.8, 4) is 0 Å². The highest BCUT2D eigenvalue weighted by atomic mass is 19.4. The fourth-order valence-corrected chi connectivity index (χ4v) is 1.98. The number of hydrogen-bond donors (Lipinski definition) is 2. The molecule has 132 valence electrons. The second kappa shape index (κ2) is 7.16. The van der Waals surface area contributed by atoms with Crippen molar-refractivity contribution in [1.29, 1.82) is 0 Å². The van der Waals surface area contributed by atoms with Gasteiger partial charge in [0, 0.05) is 6.07 Å². The summed E-state index contributed by atoms with van der Waals surface area (Å²) < 4.78 is 50.9. The largest absolute Gasteiger partial charge is 0.416 e. The fraction of sp³-hybridized carbons (Fsp3) is 0.133. The van der Waals surface area contributed by atoms with E-state index in [1.807, 2.05) is 0 Å². The number of nitrogens with zero attached hydrogens (tertiary/aromatic N) is 1. The molecule has 0 heterocycles. The molecule has 25 heavy (non-hydrogen) atoms. The molecule has 0 aliphatic rings. The molecule has 0 aliphatic heterocycles. The molecule has 2 rings (SSSR count). The minimum atomic E-state index is -4.73. The number of rotatable bonds is 5. The van der Waals surface area contributed by atoms with E-state index < -0.39 is 34.1 Å². The molecule has 0 unspecified atom stereocenters. The number of halogens is 4. The van der Waals surface area contributed by atoms with Crippen LogP contribution in [-0.2, 0) is 17.4 Å². The van der Waals surface area contributed by atoms with Crippen LogP contribution < -0.4 is 10.9 Å². The smallest absolute Gasteiger partial charge is 0.292 e. The number of alkyl halides is 3. The Hall–Kier alpha value is -3.17. The van der Waals surface area contributed by atoms with Gasteiger partial charge in [0.1, 0.15) is 11.5 Å². The van der Waals surface area contributed by atoms with Gasteiger partial charge >= 0.3 is 6.18 Å². The van der Waals surface area contributed by atoms with Crippen LogP contribution in [0.25, 0.3) is 0 Å². The van der Waals surface area contributed by atoms with Crippen LogP contribution in [0.1, 0.15) is 11.1 Å². The number of hydrazine groups is 1. The van der Waals surface area contributed by atoms with Crippen LogP contribution >= 0.6 is 0 Å². The Morgan fingerprint density at radius 3 is 2.48 bits per heavy atom. The first-order valence-electron chi connectivity index (χ1n) is 6.82. The summed E-state index contributed by atoms with van der Waals surface area (Å²) in [6, 6.07) is 7.10. The highest BCUT2D eigenvalue weighted by Crippen LogP contribution is 2.34. The van der Waals surface area contributed by atoms with Crippen LogP contribution in [-0.4, -0.2) is 10.8 Å². The molecule has 1 amide bonds. The number of anilines is 1. The summed E-state index contributed by atoms with van der Waals surface area (Å²) in [6.45, 7) is 0. The molecule has 0 saturated carbocycles. The number of nitro benzene ring substituents is 1. The van der Waals surface area contributed by atoms with E-state index in [9.17, 15) is 32.5 Å². The number of amides is 1. The topological polar surface area (TPSA) is 84.3 Å². The van der Waals surface area contributed by atoms with Gasteiger partial charge in [-0.1, -0.05) is 12.1 Å². The van der Waals surface area contributed by atoms with E-state index in [0.29, 0.717) is 17.7 Å². The maximum Gasteiger partial charge on any atom is 0.416 e. The van der Waals surface area contributed by atoms with Crippen molar-refractivity contribution in [2.75, 3.05) is 5.43 Å². The van der Waals surface area contributed by atoms with Crippen molar-refractivity contribution in [2.45, 2.75) is 12.6 Å². The summed E-state index contributed by atoms with van der Waals surface area (Å²) in [6.07, 6.45) is -4.96. The average molecular weight is 357 g/mol. The maximum atomic E-state index is 13.0. The van der Waals surface area contributed by atoms with E-state index >= 15 is 0 Å². The molecule has 0 saturated heterocycles. The predicted octanol–water partition coefficient (Wildman–Crippen LogP) is 3.44. The first-order valence-corrected chi connectivity index (χ1v) is 6.82. The minimum Gasteiger partial charge on any atom is -0.292 e. The van der Waals surface area contributed by atoms with Crippen molar-refractivity contribution < 1.29 is 27.3 Å². The Labute approximate surface area is 138 Å². The standard InChI is InChI=1S/C15H11F4N3O3/c16-11-3-1-2-9(6-11)7-14(23)21-20-12-5-4-10(15(17,18)19)8-13(12)22(24)25/h1-6,8,20H,7H2,(H,21,23). The highest BCUT2D eigenvalue weighted by molar-refractivity contribution is 5.80. The van der Waals surface area contributed by atoms with Crippen molar-refractivity contribution in [3.63, 3.8) is 0 Å². The Morgan fingerprint density at radius 2 is 1.88 bits per heavy atom. The SMILES string of the molecule is O=C(Cc1cccc(F)c1)NNc1ccc(C(F)(F)F)cc1[N+](=O)[O-]. The van der Waals surface area contributed by atoms with Crippen LogP contribution in [0.5, 0.6) is 0 Å². The molecule has 2 N–H and O–H groups in total. The van der Waals surface area contributed by atoms with Gasteiger partial charge in [-0.05, 0) is 29.8 Å². The minimum absolute atomic E-state index is 0.223. The van der Waals surface area contributed by atoms with Crippen LogP contribution in [0.15, 0.2) is 42.5 Å². The monoisotopic (exact) mass is 357 g/mol. The van der Waals surface area contributed by atoms with E-state index in [-0.39, 0.29) is 12.1 Å². The number of benzene rings is 2. The molecule has 2 aromatic carbocycles. The second-order valence-electron chi connectivity index (χ2n) is 4.97. The van der Waals surface area contributed by atoms with Crippen LogP contribution in [0.3, 0.4) is 0 Å². The lowest BCUT2D eigenvalue weighted by atomic mass is 10.1. The normalized spacial score (nSPS) is 11.0. The predicted molar refractivity (Wildman–Crippen MR) is 80.0 cm³/mol.